The lowest BCUT2D eigenvalue weighted by atomic mass is 9.84. The fraction of sp³-hybridized carbons (Fsp3) is 0.814. The van der Waals surface area contributed by atoms with Crippen molar-refractivity contribution in [2.45, 2.75) is 173 Å². The van der Waals surface area contributed by atoms with Gasteiger partial charge in [0.05, 0.1) is 24.4 Å². The van der Waals surface area contributed by atoms with Gasteiger partial charge in [0.2, 0.25) is 11.7 Å². The van der Waals surface area contributed by atoms with Crippen LogP contribution in [0.5, 0.6) is 0 Å². The van der Waals surface area contributed by atoms with Crippen molar-refractivity contribution in [2.75, 3.05) is 33.1 Å². The number of carbonyl (C=O) groups excluding carboxylic acids is 4. The molecule has 2 heterocycles. The zero-order chi connectivity index (χ0) is 41.3. The first-order valence-electron chi connectivity index (χ1n) is 21.1. The van der Waals surface area contributed by atoms with E-state index in [0.717, 1.165) is 55.4 Å². The number of amides is 2. The fourth-order valence-corrected chi connectivity index (χ4v) is 8.59. The Morgan fingerprint density at radius 1 is 0.964 bits per heavy atom. The largest absolute Gasteiger partial charge is 0.393 e. The topological polar surface area (TPSA) is 172 Å². The average molecular weight is 809 g/mol. The van der Waals surface area contributed by atoms with E-state index in [1.54, 1.807) is 21.1 Å². The molecule has 13 heteroatoms. The lowest BCUT2D eigenvalue weighted by Gasteiger charge is -2.44. The number of nitrogens with zero attached hydrogens (tertiary/aromatic N) is 1. The molecule has 2 amide bonds. The minimum absolute atomic E-state index is 0.0345. The van der Waals surface area contributed by atoms with Gasteiger partial charge < -0.3 is 39.7 Å². The number of ether oxygens (including phenoxy) is 3. The van der Waals surface area contributed by atoms with Crippen molar-refractivity contribution in [3.8, 4) is 0 Å². The molecule has 0 aromatic heterocycles. The molecule has 2 saturated heterocycles. The molecule has 7 unspecified atom stereocenters. The van der Waals surface area contributed by atoms with Crippen molar-refractivity contribution in [2.24, 2.45) is 17.8 Å². The van der Waals surface area contributed by atoms with Crippen molar-refractivity contribution < 1.29 is 48.7 Å². The monoisotopic (exact) mass is 808 g/mol. The number of hydrogen-bond donors (Lipinski definition) is 5. The second-order valence-corrected chi connectivity index (χ2v) is 17.0. The molecule has 3 fully saturated rings. The number of aliphatic hydroxyl groups excluding tert-OH is 2. The van der Waals surface area contributed by atoms with E-state index in [9.17, 15) is 34.5 Å². The highest BCUT2D eigenvalue weighted by atomic mass is 32.1. The van der Waals surface area contributed by atoms with Crippen molar-refractivity contribution in [3.63, 3.8) is 0 Å². The van der Waals surface area contributed by atoms with E-state index in [2.05, 4.69) is 30.9 Å². The molecular weight excluding hydrogens is 737 g/mol. The number of rotatable bonds is 23. The molecular formula is C43H72N2O10S. The molecule has 12 nitrogen and oxygen atoms in total. The summed E-state index contributed by atoms with van der Waals surface area (Å²) in [4.78, 5) is 53.5. The second-order valence-electron chi connectivity index (χ2n) is 16.6. The molecule has 0 aromatic carbocycles. The Bertz CT molecular complexity index is 1330. The van der Waals surface area contributed by atoms with Crippen molar-refractivity contribution in [1.29, 1.82) is 0 Å². The molecule has 2 aliphatic heterocycles. The molecule has 0 aromatic rings. The quantitative estimate of drug-likeness (QED) is 0.0379. The molecule has 0 radical (unpaired) electrons. The lowest BCUT2D eigenvalue weighted by molar-refractivity contribution is -0.287. The molecule has 4 N–H and O–H groups in total. The fourth-order valence-electron chi connectivity index (χ4n) is 8.48. The van der Waals surface area contributed by atoms with Crippen LogP contribution in [-0.4, -0.2) is 113 Å². The average Bonchev–Trinajstić information content (AvgIpc) is 3.18. The molecule has 0 bridgehead atoms. The highest BCUT2D eigenvalue weighted by Gasteiger charge is 2.54. The number of allylic oxidation sites excluding steroid dienone is 4. The molecule has 3 aliphatic rings. The Hall–Kier alpha value is -2.13. The molecule has 320 valence electrons. The summed E-state index contributed by atoms with van der Waals surface area (Å²) in [5.74, 6) is -4.49. The summed E-state index contributed by atoms with van der Waals surface area (Å²) in [6, 6.07) is 0. The van der Waals surface area contributed by atoms with Gasteiger partial charge in [-0.25, -0.2) is 0 Å². The number of likely N-dealkylation sites (tertiary alicyclic amines) is 1. The first-order chi connectivity index (χ1) is 26.7. The van der Waals surface area contributed by atoms with E-state index < -0.39 is 47.7 Å². The Labute approximate surface area is 341 Å². The van der Waals surface area contributed by atoms with Crippen LogP contribution >= 0.6 is 12.6 Å². The van der Waals surface area contributed by atoms with Gasteiger partial charge in [-0.2, -0.15) is 12.6 Å². The highest BCUT2D eigenvalue weighted by molar-refractivity contribution is 7.80. The third-order valence-corrected chi connectivity index (χ3v) is 12.2. The van der Waals surface area contributed by atoms with E-state index in [-0.39, 0.29) is 30.8 Å². The maximum atomic E-state index is 13.6. The van der Waals surface area contributed by atoms with Gasteiger partial charge in [-0.05, 0) is 110 Å². The Morgan fingerprint density at radius 3 is 2.43 bits per heavy atom. The molecule has 3 rings (SSSR count). The number of piperidine rings is 1. The number of ketones is 2. The number of aliphatic hydroxyl groups is 3. The number of Topliss-reactive ketones (excluding diaryl/α,β-unsaturated/α-hetero) is 2. The highest BCUT2D eigenvalue weighted by Crippen LogP contribution is 2.37. The summed E-state index contributed by atoms with van der Waals surface area (Å²) < 4.78 is 17.3. The van der Waals surface area contributed by atoms with E-state index in [1.165, 1.54) is 5.57 Å². The van der Waals surface area contributed by atoms with Crippen LogP contribution in [-0.2, 0) is 33.4 Å². The number of hydrogen-bond acceptors (Lipinski definition) is 11. The minimum atomic E-state index is -2.32. The standard InChI is InChI=1S/C43H72N2O10S/c1-29(12-6-7-16-37-38(54-5)26-31(3)43(52,55-37)41(50)42(51)45-22-9-8-18-40(45)49)25-33(14-11-17-39(48)44-21-23-56)36(47)28-34(46)20-19-30(2)24-32-13-10-15-35(27-32)53-4/h24-25,31-35,37-38,40,46,49,52,56H,6-23,26-28H2,1-5H3,(H,44,48)/b29-25+,30-24+/t31?,32?,33-,34-,35?,37?,38?,40?,43?/m1/s1. The van der Waals surface area contributed by atoms with Crippen molar-refractivity contribution in [3.05, 3.63) is 23.3 Å². The number of carbonyl (C=O) groups is 4. The zero-order valence-corrected chi connectivity index (χ0v) is 35.6. The van der Waals surface area contributed by atoms with Crippen LogP contribution in [0.25, 0.3) is 0 Å². The second kappa shape index (κ2) is 24.7. The number of methoxy groups -OCH3 is 2. The smallest absolute Gasteiger partial charge is 0.297 e. The van der Waals surface area contributed by atoms with Gasteiger partial charge in [-0.3, -0.25) is 19.2 Å². The summed E-state index contributed by atoms with van der Waals surface area (Å²) in [6.07, 6.45) is 13.6. The molecule has 1 aliphatic carbocycles. The number of unbranched alkanes of at least 4 members (excludes halogenated alkanes) is 1. The van der Waals surface area contributed by atoms with Crippen molar-refractivity contribution >= 4 is 36.0 Å². The van der Waals surface area contributed by atoms with Gasteiger partial charge in [0.15, 0.2) is 0 Å². The Kier molecular flexibility index (Phi) is 21.3. The van der Waals surface area contributed by atoms with E-state index >= 15 is 0 Å². The van der Waals surface area contributed by atoms with Gasteiger partial charge >= 0.3 is 0 Å². The normalized spacial score (nSPS) is 28.8. The minimum Gasteiger partial charge on any atom is -0.393 e. The molecule has 56 heavy (non-hydrogen) atoms. The van der Waals surface area contributed by atoms with Crippen LogP contribution in [0.3, 0.4) is 0 Å². The Balaban J connectivity index is 1.57. The third-order valence-electron chi connectivity index (χ3n) is 11.9. The predicted octanol–water partition coefficient (Wildman–Crippen LogP) is 5.61. The van der Waals surface area contributed by atoms with Crippen LogP contribution in [0, 0.1) is 17.8 Å². The van der Waals surface area contributed by atoms with E-state index in [4.69, 9.17) is 14.2 Å². The van der Waals surface area contributed by atoms with E-state index in [0.29, 0.717) is 88.5 Å². The van der Waals surface area contributed by atoms with Gasteiger partial charge in [0.25, 0.3) is 11.7 Å². The van der Waals surface area contributed by atoms with Gasteiger partial charge in [0, 0.05) is 57.7 Å². The number of thiol groups is 1. The Morgan fingerprint density at radius 2 is 1.73 bits per heavy atom. The predicted molar refractivity (Wildman–Crippen MR) is 219 cm³/mol. The summed E-state index contributed by atoms with van der Waals surface area (Å²) in [5, 5.41) is 35.6. The van der Waals surface area contributed by atoms with Crippen LogP contribution in [0.4, 0.5) is 0 Å². The third kappa shape index (κ3) is 15.2. The van der Waals surface area contributed by atoms with Crippen molar-refractivity contribution in [1.82, 2.24) is 10.2 Å². The maximum absolute atomic E-state index is 13.6. The number of nitrogens with one attached hydrogen (secondary N) is 1. The SMILES string of the molecule is COC1CCCC(/C=C(\C)CC[C@@H](O)CC(=O)[C@@H](/C=C(\C)CCCCC2OC(O)(C(=O)C(=O)N3CCCCC3O)C(C)CC2OC)CCCC(=O)NCCS)C1. The summed E-state index contributed by atoms with van der Waals surface area (Å²) >= 11 is 4.15. The summed E-state index contributed by atoms with van der Waals surface area (Å²) in [7, 11) is 3.33. The van der Waals surface area contributed by atoms with Gasteiger partial charge in [-0.1, -0.05) is 43.1 Å². The molecule has 9 atom stereocenters. The van der Waals surface area contributed by atoms with Gasteiger partial charge in [0.1, 0.15) is 12.0 Å². The first kappa shape index (κ1) is 48.2. The van der Waals surface area contributed by atoms with Crippen LogP contribution in [0.1, 0.15) is 136 Å². The zero-order valence-electron chi connectivity index (χ0n) is 34.7. The first-order valence-corrected chi connectivity index (χ1v) is 21.8. The summed E-state index contributed by atoms with van der Waals surface area (Å²) in [5.41, 5.74) is 2.25. The van der Waals surface area contributed by atoms with Crippen LogP contribution in [0.2, 0.25) is 0 Å². The molecule has 0 spiro atoms. The van der Waals surface area contributed by atoms with Gasteiger partial charge in [-0.15, -0.1) is 0 Å². The maximum Gasteiger partial charge on any atom is 0.297 e. The van der Waals surface area contributed by atoms with Crippen LogP contribution < -0.4 is 5.32 Å². The lowest BCUT2D eigenvalue weighted by Crippen LogP contribution is -2.62. The summed E-state index contributed by atoms with van der Waals surface area (Å²) in [6.45, 7) is 6.48. The van der Waals surface area contributed by atoms with E-state index in [1.807, 2.05) is 13.0 Å². The van der Waals surface area contributed by atoms with Crippen LogP contribution in [0.15, 0.2) is 23.3 Å². The molecule has 1 saturated carbocycles.